The topological polar surface area (TPSA) is 82.5 Å². The fraction of sp³-hybridized carbons (Fsp3) is 0.222. The van der Waals surface area contributed by atoms with Crippen LogP contribution in [0.1, 0.15) is 17.5 Å². The Morgan fingerprint density at radius 3 is 2.63 bits per heavy atom. The fourth-order valence-corrected chi connectivity index (χ4v) is 5.19. The maximum absolute atomic E-state index is 13.5. The predicted octanol–water partition coefficient (Wildman–Crippen LogP) is 4.62. The zero-order valence-corrected chi connectivity index (χ0v) is 20.4. The summed E-state index contributed by atoms with van der Waals surface area (Å²) in [4.78, 5) is 31.0. The fourth-order valence-electron chi connectivity index (χ4n) is 4.38. The number of para-hydroxylation sites is 1. The smallest absolute Gasteiger partial charge is 0.266 e. The minimum atomic E-state index is -0.218. The average molecular weight is 488 g/mol. The van der Waals surface area contributed by atoms with Crippen molar-refractivity contribution in [3.05, 3.63) is 82.1 Å². The zero-order chi connectivity index (χ0) is 24.4. The van der Waals surface area contributed by atoms with Gasteiger partial charge in [0, 0.05) is 11.8 Å². The van der Waals surface area contributed by atoms with E-state index in [-0.39, 0.29) is 17.2 Å². The van der Waals surface area contributed by atoms with E-state index >= 15 is 0 Å². The van der Waals surface area contributed by atoms with E-state index in [4.69, 9.17) is 14.5 Å². The Labute approximate surface area is 207 Å². The van der Waals surface area contributed by atoms with Crippen molar-refractivity contribution >= 4 is 34.3 Å². The molecule has 0 aliphatic heterocycles. The number of hydrogen-bond donors (Lipinski definition) is 1. The van der Waals surface area contributed by atoms with Crippen LogP contribution in [0.5, 0.6) is 11.5 Å². The van der Waals surface area contributed by atoms with Crippen molar-refractivity contribution in [2.45, 2.75) is 24.4 Å². The molecular weight excluding hydrogens is 462 g/mol. The van der Waals surface area contributed by atoms with Crippen molar-refractivity contribution in [1.29, 1.82) is 0 Å². The van der Waals surface area contributed by atoms with Gasteiger partial charge < -0.3 is 14.8 Å². The molecule has 1 aromatic heterocycles. The van der Waals surface area contributed by atoms with Crippen LogP contribution in [0.2, 0.25) is 0 Å². The summed E-state index contributed by atoms with van der Waals surface area (Å²) in [5, 5.41) is 3.89. The average Bonchev–Trinajstić information content (AvgIpc) is 3.35. The minimum Gasteiger partial charge on any atom is -0.493 e. The zero-order valence-electron chi connectivity index (χ0n) is 19.5. The maximum Gasteiger partial charge on any atom is 0.266 e. The predicted molar refractivity (Wildman–Crippen MR) is 138 cm³/mol. The number of methoxy groups -OCH3 is 2. The van der Waals surface area contributed by atoms with Gasteiger partial charge in [0.15, 0.2) is 16.7 Å². The Balaban J connectivity index is 1.46. The summed E-state index contributed by atoms with van der Waals surface area (Å²) in [6.07, 6.45) is 3.30. The highest BCUT2D eigenvalue weighted by molar-refractivity contribution is 7.99. The lowest BCUT2D eigenvalue weighted by atomic mass is 10.1. The van der Waals surface area contributed by atoms with Gasteiger partial charge in [0.25, 0.3) is 5.56 Å². The molecule has 0 unspecified atom stereocenters. The van der Waals surface area contributed by atoms with Gasteiger partial charge in [-0.1, -0.05) is 30.0 Å². The van der Waals surface area contributed by atoms with Crippen molar-refractivity contribution in [2.75, 3.05) is 25.3 Å². The molecule has 0 atom stereocenters. The van der Waals surface area contributed by atoms with E-state index in [0.717, 1.165) is 24.9 Å². The number of ether oxygens (including phenoxy) is 2. The highest BCUT2D eigenvalue weighted by atomic mass is 32.2. The molecule has 0 fully saturated rings. The molecule has 3 aromatic carbocycles. The lowest BCUT2D eigenvalue weighted by Gasteiger charge is -2.15. The highest BCUT2D eigenvalue weighted by Gasteiger charge is 2.17. The molecule has 5 rings (SSSR count). The number of thioether (sulfide) groups is 1. The van der Waals surface area contributed by atoms with E-state index in [0.29, 0.717) is 33.2 Å². The Morgan fingerprint density at radius 2 is 1.80 bits per heavy atom. The second-order valence-corrected chi connectivity index (χ2v) is 9.21. The van der Waals surface area contributed by atoms with Crippen LogP contribution in [0.3, 0.4) is 0 Å². The second kappa shape index (κ2) is 9.84. The molecule has 8 heteroatoms. The maximum atomic E-state index is 13.5. The number of carbonyl (C=O) groups excluding carboxylic acids is 1. The first kappa shape index (κ1) is 23.0. The van der Waals surface area contributed by atoms with Gasteiger partial charge in [-0.25, -0.2) is 4.98 Å². The number of aryl methyl sites for hydroxylation is 2. The first-order chi connectivity index (χ1) is 17.1. The number of anilines is 1. The van der Waals surface area contributed by atoms with E-state index in [1.165, 1.54) is 27.5 Å². The van der Waals surface area contributed by atoms with Gasteiger partial charge in [-0.3, -0.25) is 14.2 Å². The van der Waals surface area contributed by atoms with E-state index in [9.17, 15) is 9.59 Å². The third-order valence-corrected chi connectivity index (χ3v) is 7.02. The van der Waals surface area contributed by atoms with E-state index < -0.39 is 0 Å². The van der Waals surface area contributed by atoms with E-state index in [1.54, 1.807) is 50.6 Å². The van der Waals surface area contributed by atoms with Crippen molar-refractivity contribution in [2.24, 2.45) is 0 Å². The molecule has 0 saturated carbocycles. The second-order valence-electron chi connectivity index (χ2n) is 8.27. The van der Waals surface area contributed by atoms with Crippen molar-refractivity contribution in [3.63, 3.8) is 0 Å². The molecule has 1 aliphatic carbocycles. The quantitative estimate of drug-likeness (QED) is 0.303. The summed E-state index contributed by atoms with van der Waals surface area (Å²) < 4.78 is 12.3. The van der Waals surface area contributed by atoms with E-state index in [2.05, 4.69) is 17.4 Å². The molecule has 0 saturated heterocycles. The van der Waals surface area contributed by atoms with Crippen LogP contribution in [0.25, 0.3) is 16.6 Å². The largest absolute Gasteiger partial charge is 0.493 e. The van der Waals surface area contributed by atoms with Gasteiger partial charge in [0.2, 0.25) is 5.91 Å². The Morgan fingerprint density at radius 1 is 1.00 bits per heavy atom. The number of benzene rings is 3. The summed E-state index contributed by atoms with van der Waals surface area (Å²) in [5.41, 5.74) is 4.39. The lowest BCUT2D eigenvalue weighted by molar-refractivity contribution is -0.113. The van der Waals surface area contributed by atoms with Gasteiger partial charge in [-0.15, -0.1) is 0 Å². The Hall–Kier alpha value is -3.78. The molecular formula is C27H25N3O4S. The van der Waals surface area contributed by atoms with Crippen molar-refractivity contribution < 1.29 is 14.3 Å². The van der Waals surface area contributed by atoms with Gasteiger partial charge in [0.05, 0.1) is 36.6 Å². The number of aromatic nitrogens is 2. The summed E-state index contributed by atoms with van der Waals surface area (Å²) in [7, 11) is 3.10. The highest BCUT2D eigenvalue weighted by Crippen LogP contribution is 2.31. The monoisotopic (exact) mass is 487 g/mol. The molecule has 1 heterocycles. The number of nitrogens with zero attached hydrogens (tertiary/aromatic N) is 2. The number of hydrogen-bond acceptors (Lipinski definition) is 6. The molecule has 35 heavy (non-hydrogen) atoms. The van der Waals surface area contributed by atoms with Gasteiger partial charge in [0.1, 0.15) is 0 Å². The molecule has 0 radical (unpaired) electrons. The molecule has 1 amide bonds. The first-order valence-corrected chi connectivity index (χ1v) is 12.3. The summed E-state index contributed by atoms with van der Waals surface area (Å²) >= 11 is 1.21. The minimum absolute atomic E-state index is 0.106. The van der Waals surface area contributed by atoms with Crippen LogP contribution in [0.15, 0.2) is 70.6 Å². The first-order valence-electron chi connectivity index (χ1n) is 11.4. The van der Waals surface area contributed by atoms with Crippen LogP contribution in [-0.2, 0) is 17.6 Å². The van der Waals surface area contributed by atoms with E-state index in [1.807, 2.05) is 12.1 Å². The number of nitrogens with one attached hydrogen (secondary N) is 1. The lowest BCUT2D eigenvalue weighted by Crippen LogP contribution is -2.23. The van der Waals surface area contributed by atoms with Crippen LogP contribution in [-0.4, -0.2) is 35.4 Å². The number of fused-ring (bicyclic) bond motifs is 2. The molecule has 1 N–H and O–H groups in total. The Bertz CT molecular complexity index is 1480. The van der Waals surface area contributed by atoms with Crippen LogP contribution in [0, 0.1) is 0 Å². The van der Waals surface area contributed by atoms with Gasteiger partial charge >= 0.3 is 0 Å². The molecule has 0 spiro atoms. The summed E-state index contributed by atoms with van der Waals surface area (Å²) in [6.45, 7) is 0. The summed E-state index contributed by atoms with van der Waals surface area (Å²) in [5.74, 6) is 1.00. The van der Waals surface area contributed by atoms with Gasteiger partial charge in [-0.2, -0.15) is 0 Å². The van der Waals surface area contributed by atoms with Crippen LogP contribution >= 0.6 is 11.8 Å². The third kappa shape index (κ3) is 4.61. The van der Waals surface area contributed by atoms with Crippen LogP contribution in [0.4, 0.5) is 5.69 Å². The molecule has 7 nitrogen and oxygen atoms in total. The molecule has 0 bridgehead atoms. The molecule has 1 aliphatic rings. The standard InChI is InChI=1S/C27H25N3O4S/c1-33-23-13-12-20(15-24(23)34-2)30-26(32)21-8-3-4-9-22(21)29-27(30)35-16-25(31)28-19-11-10-17-6-5-7-18(17)14-19/h3-4,8-15H,5-7,16H2,1-2H3,(H,28,31). The Kier molecular flexibility index (Phi) is 6.46. The van der Waals surface area contributed by atoms with Gasteiger partial charge in [-0.05, 0) is 66.8 Å². The molecule has 4 aromatic rings. The number of carbonyl (C=O) groups is 1. The normalized spacial score (nSPS) is 12.4. The van der Waals surface area contributed by atoms with Crippen molar-refractivity contribution in [1.82, 2.24) is 9.55 Å². The number of amides is 1. The van der Waals surface area contributed by atoms with Crippen molar-refractivity contribution in [3.8, 4) is 17.2 Å². The summed E-state index contributed by atoms with van der Waals surface area (Å²) in [6, 6.07) is 18.5. The number of rotatable bonds is 7. The third-order valence-electron chi connectivity index (χ3n) is 6.08. The molecule has 178 valence electrons. The van der Waals surface area contributed by atoms with Crippen LogP contribution < -0.4 is 20.3 Å². The SMILES string of the molecule is COc1ccc(-n2c(SCC(=O)Nc3ccc4c(c3)CCC4)nc3ccccc3c2=O)cc1OC.